The lowest BCUT2D eigenvalue weighted by Crippen LogP contribution is -2.41. The normalized spacial score (nSPS) is 25.5. The summed E-state index contributed by atoms with van der Waals surface area (Å²) in [4.78, 5) is 0.589. The lowest BCUT2D eigenvalue weighted by atomic mass is 9.73. The monoisotopic (exact) mass is 375 g/mol. The van der Waals surface area contributed by atoms with Crippen LogP contribution in [-0.2, 0) is 18.6 Å². The SMILES string of the molecule is Cc1c(B2OC(C)(C)C(C)(C)O2)sc(C#N)c1B1OC(C)(C)C(C)(C)O1. The summed E-state index contributed by atoms with van der Waals surface area (Å²) >= 11 is 1.40. The molecule has 26 heavy (non-hydrogen) atoms. The second-order valence-electron chi connectivity index (χ2n) is 9.12. The zero-order valence-electron chi connectivity index (χ0n) is 17.1. The molecule has 2 fully saturated rings. The van der Waals surface area contributed by atoms with Gasteiger partial charge in [-0.1, -0.05) is 0 Å². The van der Waals surface area contributed by atoms with Crippen molar-refractivity contribution in [1.82, 2.24) is 0 Å². The summed E-state index contributed by atoms with van der Waals surface area (Å²) in [6.07, 6.45) is 0. The van der Waals surface area contributed by atoms with Gasteiger partial charge < -0.3 is 18.6 Å². The summed E-state index contributed by atoms with van der Waals surface area (Å²) in [6, 6.07) is 2.30. The largest absolute Gasteiger partial charge is 0.505 e. The van der Waals surface area contributed by atoms with Gasteiger partial charge in [0.25, 0.3) is 0 Å². The van der Waals surface area contributed by atoms with Crippen molar-refractivity contribution >= 4 is 35.8 Å². The van der Waals surface area contributed by atoms with E-state index in [1.165, 1.54) is 11.3 Å². The van der Waals surface area contributed by atoms with E-state index in [1.807, 2.05) is 62.3 Å². The number of rotatable bonds is 2. The molecule has 0 saturated carbocycles. The summed E-state index contributed by atoms with van der Waals surface area (Å²) in [7, 11) is -1.06. The van der Waals surface area contributed by atoms with Crippen LogP contribution >= 0.6 is 11.3 Å². The van der Waals surface area contributed by atoms with E-state index >= 15 is 0 Å². The predicted octanol–water partition coefficient (Wildman–Crippen LogP) is 2.53. The molecule has 0 aromatic carbocycles. The van der Waals surface area contributed by atoms with E-state index in [0.29, 0.717) is 4.88 Å². The molecule has 2 aliphatic rings. The molecule has 3 rings (SSSR count). The van der Waals surface area contributed by atoms with E-state index in [9.17, 15) is 5.26 Å². The van der Waals surface area contributed by atoms with E-state index in [2.05, 4.69) is 6.07 Å². The van der Waals surface area contributed by atoms with Gasteiger partial charge >= 0.3 is 14.2 Å². The zero-order valence-corrected chi connectivity index (χ0v) is 18.0. The van der Waals surface area contributed by atoms with Crippen molar-refractivity contribution in [2.24, 2.45) is 0 Å². The Balaban J connectivity index is 2.00. The van der Waals surface area contributed by atoms with Crippen LogP contribution in [0.1, 0.15) is 65.8 Å². The Labute approximate surface area is 161 Å². The third-order valence-electron chi connectivity index (χ3n) is 6.29. The van der Waals surface area contributed by atoms with Gasteiger partial charge in [-0.05, 0) is 67.9 Å². The highest BCUT2D eigenvalue weighted by Crippen LogP contribution is 2.39. The fourth-order valence-electron chi connectivity index (χ4n) is 3.05. The number of hydrogen-bond donors (Lipinski definition) is 0. The zero-order chi connectivity index (χ0) is 19.7. The minimum Gasteiger partial charge on any atom is -0.399 e. The maximum atomic E-state index is 9.69. The Morgan fingerprint density at radius 2 is 1.15 bits per heavy atom. The first-order chi connectivity index (χ1) is 11.7. The van der Waals surface area contributed by atoms with E-state index in [4.69, 9.17) is 18.6 Å². The van der Waals surface area contributed by atoms with Gasteiger partial charge in [0.15, 0.2) is 0 Å². The molecule has 0 N–H and O–H groups in total. The highest BCUT2D eigenvalue weighted by Gasteiger charge is 2.56. The molecule has 0 atom stereocenters. The van der Waals surface area contributed by atoms with Crippen molar-refractivity contribution in [3.63, 3.8) is 0 Å². The molecule has 0 spiro atoms. The van der Waals surface area contributed by atoms with Gasteiger partial charge in [0.1, 0.15) is 10.9 Å². The van der Waals surface area contributed by atoms with Crippen LogP contribution in [0, 0.1) is 18.3 Å². The lowest BCUT2D eigenvalue weighted by Gasteiger charge is -2.32. The lowest BCUT2D eigenvalue weighted by molar-refractivity contribution is 0.00578. The second kappa shape index (κ2) is 5.83. The van der Waals surface area contributed by atoms with E-state index in [1.54, 1.807) is 0 Å². The Morgan fingerprint density at radius 1 is 0.769 bits per heavy atom. The fourth-order valence-corrected chi connectivity index (χ4v) is 4.13. The maximum absolute atomic E-state index is 9.69. The quantitative estimate of drug-likeness (QED) is 0.744. The van der Waals surface area contributed by atoms with E-state index in [-0.39, 0.29) is 0 Å². The van der Waals surface area contributed by atoms with Gasteiger partial charge in [0.05, 0.1) is 22.4 Å². The minimum atomic E-state index is -0.568. The number of nitrogens with zero attached hydrogens (tertiary/aromatic N) is 1. The Hall–Kier alpha value is -0.840. The molecular weight excluding hydrogens is 348 g/mol. The molecule has 2 saturated heterocycles. The van der Waals surface area contributed by atoms with Crippen molar-refractivity contribution in [3.8, 4) is 6.07 Å². The third kappa shape index (κ3) is 2.85. The smallest absolute Gasteiger partial charge is 0.399 e. The van der Waals surface area contributed by atoms with Crippen molar-refractivity contribution in [1.29, 1.82) is 5.26 Å². The molecule has 0 aliphatic carbocycles. The van der Waals surface area contributed by atoms with Crippen LogP contribution in [0.2, 0.25) is 0 Å². The Morgan fingerprint density at radius 3 is 1.54 bits per heavy atom. The summed E-state index contributed by atoms with van der Waals surface area (Å²) in [5.41, 5.74) is -0.0204. The average Bonchev–Trinajstić information content (AvgIpc) is 2.98. The molecule has 0 unspecified atom stereocenters. The number of nitriles is 1. The molecule has 8 heteroatoms. The van der Waals surface area contributed by atoms with Gasteiger partial charge in [-0.3, -0.25) is 0 Å². The first kappa shape index (κ1) is 19.9. The first-order valence-electron chi connectivity index (χ1n) is 8.97. The summed E-state index contributed by atoms with van der Waals surface area (Å²) in [6.45, 7) is 18.1. The van der Waals surface area contributed by atoms with Crippen LogP contribution in [-0.4, -0.2) is 36.6 Å². The molecule has 0 amide bonds. The van der Waals surface area contributed by atoms with Crippen LogP contribution in [0.25, 0.3) is 0 Å². The van der Waals surface area contributed by atoms with E-state index < -0.39 is 36.6 Å². The summed E-state index contributed by atoms with van der Waals surface area (Å²) in [5.74, 6) is 0. The predicted molar refractivity (Wildman–Crippen MR) is 105 cm³/mol. The van der Waals surface area contributed by atoms with Gasteiger partial charge in [-0.15, -0.1) is 11.3 Å². The van der Waals surface area contributed by atoms with Crippen LogP contribution in [0.4, 0.5) is 0 Å². The van der Waals surface area contributed by atoms with Crippen LogP contribution < -0.4 is 10.2 Å². The van der Waals surface area contributed by atoms with Gasteiger partial charge in [-0.2, -0.15) is 5.26 Å². The van der Waals surface area contributed by atoms with E-state index in [0.717, 1.165) is 15.8 Å². The van der Waals surface area contributed by atoms with Crippen LogP contribution in [0.3, 0.4) is 0 Å². The molecule has 140 valence electrons. The fraction of sp³-hybridized carbons (Fsp3) is 0.722. The summed E-state index contributed by atoms with van der Waals surface area (Å²) < 4.78 is 25.6. The molecule has 2 aliphatic heterocycles. The van der Waals surface area contributed by atoms with Gasteiger partial charge in [0, 0.05) is 10.2 Å². The third-order valence-corrected chi connectivity index (χ3v) is 7.52. The first-order valence-corrected chi connectivity index (χ1v) is 9.79. The van der Waals surface area contributed by atoms with Crippen LogP contribution in [0.15, 0.2) is 0 Å². The molecule has 5 nitrogen and oxygen atoms in total. The number of thiophene rings is 1. The molecule has 0 bridgehead atoms. The van der Waals surface area contributed by atoms with Crippen molar-refractivity contribution in [2.45, 2.75) is 84.7 Å². The van der Waals surface area contributed by atoms with Crippen molar-refractivity contribution in [2.75, 3.05) is 0 Å². The minimum absolute atomic E-state index is 0.425. The van der Waals surface area contributed by atoms with Gasteiger partial charge in [-0.25, -0.2) is 0 Å². The molecule has 0 radical (unpaired) electrons. The average molecular weight is 375 g/mol. The standard InChI is InChI=1S/C18H27B2NO4S/c1-11-13(19-22-15(2,3)16(4,5)23-19)12(10-21)26-14(11)20-24-17(6,7)18(8,9)25-20/h1-9H3. The Bertz CT molecular complexity index is 747. The van der Waals surface area contributed by atoms with Gasteiger partial charge in [0.2, 0.25) is 0 Å². The molecular formula is C18H27B2NO4S. The molecule has 3 heterocycles. The van der Waals surface area contributed by atoms with Crippen molar-refractivity contribution < 1.29 is 18.6 Å². The highest BCUT2D eigenvalue weighted by molar-refractivity contribution is 7.24. The number of hydrogen-bond acceptors (Lipinski definition) is 6. The molecule has 1 aromatic heterocycles. The topological polar surface area (TPSA) is 60.7 Å². The highest BCUT2D eigenvalue weighted by atomic mass is 32.1. The summed E-state index contributed by atoms with van der Waals surface area (Å²) in [5, 5.41) is 9.69. The maximum Gasteiger partial charge on any atom is 0.505 e. The van der Waals surface area contributed by atoms with Crippen LogP contribution in [0.5, 0.6) is 0 Å². The second-order valence-corrected chi connectivity index (χ2v) is 10.2. The van der Waals surface area contributed by atoms with Crippen molar-refractivity contribution in [3.05, 3.63) is 10.4 Å². The molecule has 1 aromatic rings. The Kier molecular flexibility index (Phi) is 4.46.